The van der Waals surface area contributed by atoms with Crippen molar-refractivity contribution in [3.05, 3.63) is 35.7 Å². The Labute approximate surface area is 172 Å². The summed E-state index contributed by atoms with van der Waals surface area (Å²) >= 11 is 0. The van der Waals surface area contributed by atoms with Crippen molar-refractivity contribution in [3.8, 4) is 11.5 Å². The van der Waals surface area contributed by atoms with Crippen LogP contribution in [0.5, 0.6) is 0 Å². The fourth-order valence-electron chi connectivity index (χ4n) is 4.99. The summed E-state index contributed by atoms with van der Waals surface area (Å²) in [4.78, 5) is 31.9. The van der Waals surface area contributed by atoms with Crippen molar-refractivity contribution in [2.75, 3.05) is 24.5 Å². The average molecular weight is 392 g/mol. The lowest BCUT2D eigenvalue weighted by Gasteiger charge is -2.34. The molecule has 0 aromatic carbocycles. The summed E-state index contributed by atoms with van der Waals surface area (Å²) in [6.07, 6.45) is 10.7. The van der Waals surface area contributed by atoms with Crippen molar-refractivity contribution in [2.24, 2.45) is 5.92 Å². The maximum absolute atomic E-state index is 13.1. The zero-order valence-corrected chi connectivity index (χ0v) is 17.0. The topological polar surface area (TPSA) is 62.2 Å². The highest BCUT2D eigenvalue weighted by Gasteiger charge is 2.32. The van der Waals surface area contributed by atoms with E-state index in [4.69, 9.17) is 9.97 Å². The van der Waals surface area contributed by atoms with Gasteiger partial charge in [0.15, 0.2) is 5.82 Å². The number of anilines is 1. The van der Waals surface area contributed by atoms with E-state index in [0.717, 1.165) is 61.7 Å². The first-order chi connectivity index (χ1) is 14.3. The van der Waals surface area contributed by atoms with Crippen LogP contribution in [0.2, 0.25) is 0 Å². The van der Waals surface area contributed by atoms with Crippen molar-refractivity contribution < 1.29 is 4.79 Å². The first-order valence-corrected chi connectivity index (χ1v) is 11.1. The number of hydrogen-bond acceptors (Lipinski definition) is 5. The van der Waals surface area contributed by atoms with E-state index in [0.29, 0.717) is 18.3 Å². The molecule has 0 radical (unpaired) electrons. The minimum Gasteiger partial charge on any atom is -0.356 e. The molecule has 4 heterocycles. The van der Waals surface area contributed by atoms with E-state index in [9.17, 15) is 4.79 Å². The van der Waals surface area contributed by atoms with Crippen LogP contribution in [0, 0.1) is 5.92 Å². The molecule has 1 saturated heterocycles. The van der Waals surface area contributed by atoms with E-state index < -0.39 is 0 Å². The summed E-state index contributed by atoms with van der Waals surface area (Å²) in [5, 5.41) is 0. The molecule has 1 amide bonds. The number of aromatic nitrogens is 3. The number of amides is 1. The first kappa shape index (κ1) is 18.5. The van der Waals surface area contributed by atoms with Gasteiger partial charge in [-0.2, -0.15) is 0 Å². The fourth-order valence-corrected chi connectivity index (χ4v) is 4.99. The number of nitrogens with zero attached hydrogens (tertiary/aromatic N) is 5. The second-order valence-electron chi connectivity index (χ2n) is 8.55. The summed E-state index contributed by atoms with van der Waals surface area (Å²) in [5.41, 5.74) is 3.06. The van der Waals surface area contributed by atoms with Gasteiger partial charge in [-0.1, -0.05) is 25.3 Å². The zero-order chi connectivity index (χ0) is 19.6. The Balaban J connectivity index is 1.47. The van der Waals surface area contributed by atoms with Crippen LogP contribution >= 0.6 is 0 Å². The molecule has 5 rings (SSSR count). The Bertz CT molecular complexity index is 872. The molecule has 1 aliphatic carbocycles. The van der Waals surface area contributed by atoms with Gasteiger partial charge in [0, 0.05) is 43.7 Å². The van der Waals surface area contributed by atoms with E-state index in [1.807, 2.05) is 18.2 Å². The van der Waals surface area contributed by atoms with Crippen LogP contribution in [0.15, 0.2) is 24.4 Å². The molecule has 0 bridgehead atoms. The molecule has 2 aliphatic heterocycles. The lowest BCUT2D eigenvalue weighted by Crippen LogP contribution is -2.41. The predicted octanol–water partition coefficient (Wildman–Crippen LogP) is 3.60. The van der Waals surface area contributed by atoms with Crippen molar-refractivity contribution in [1.29, 1.82) is 0 Å². The number of rotatable bonds is 3. The Morgan fingerprint density at radius 2 is 1.79 bits per heavy atom. The first-order valence-electron chi connectivity index (χ1n) is 11.1. The van der Waals surface area contributed by atoms with Crippen molar-refractivity contribution >= 4 is 11.7 Å². The van der Waals surface area contributed by atoms with Gasteiger partial charge in [-0.05, 0) is 37.8 Å². The summed E-state index contributed by atoms with van der Waals surface area (Å²) in [6, 6.07) is 5.86. The minimum absolute atomic E-state index is 0.217. The SMILES string of the molecule is O=C(C1CCCCC1)N1CCc2nc(-c3ccccn3)nc(N3CCCC3)c2C1. The Kier molecular flexibility index (Phi) is 5.17. The molecule has 0 unspecified atom stereocenters. The van der Waals surface area contributed by atoms with Gasteiger partial charge in [0.25, 0.3) is 0 Å². The van der Waals surface area contributed by atoms with Gasteiger partial charge in [0.2, 0.25) is 5.91 Å². The lowest BCUT2D eigenvalue weighted by molar-refractivity contribution is -0.137. The summed E-state index contributed by atoms with van der Waals surface area (Å²) in [6.45, 7) is 3.48. The normalized spacial score (nSPS) is 20.0. The van der Waals surface area contributed by atoms with E-state index >= 15 is 0 Å². The van der Waals surface area contributed by atoms with Crippen LogP contribution in [-0.4, -0.2) is 45.4 Å². The van der Waals surface area contributed by atoms with Crippen LogP contribution in [0.3, 0.4) is 0 Å². The van der Waals surface area contributed by atoms with Crippen molar-refractivity contribution in [1.82, 2.24) is 19.9 Å². The molecule has 2 fully saturated rings. The summed E-state index contributed by atoms with van der Waals surface area (Å²) in [7, 11) is 0. The smallest absolute Gasteiger partial charge is 0.225 e. The van der Waals surface area contributed by atoms with E-state index in [1.54, 1.807) is 6.20 Å². The van der Waals surface area contributed by atoms with E-state index in [-0.39, 0.29) is 5.92 Å². The predicted molar refractivity (Wildman–Crippen MR) is 112 cm³/mol. The third kappa shape index (κ3) is 3.72. The molecule has 29 heavy (non-hydrogen) atoms. The Morgan fingerprint density at radius 1 is 0.966 bits per heavy atom. The standard InChI is InChI=1S/C23H29N5O/c29-23(17-8-2-1-3-9-17)28-15-11-19-18(16-28)22(27-13-6-7-14-27)26-21(25-19)20-10-4-5-12-24-20/h4-5,10,12,17H,1-3,6-9,11,13-16H2. The van der Waals surface area contributed by atoms with Gasteiger partial charge in [-0.25, -0.2) is 9.97 Å². The number of hydrogen-bond donors (Lipinski definition) is 0. The van der Waals surface area contributed by atoms with E-state index in [1.165, 1.54) is 32.1 Å². The monoisotopic (exact) mass is 391 g/mol. The third-order valence-electron chi connectivity index (χ3n) is 6.60. The quantitative estimate of drug-likeness (QED) is 0.800. The maximum Gasteiger partial charge on any atom is 0.225 e. The molecule has 0 N–H and O–H groups in total. The van der Waals surface area contributed by atoms with Gasteiger partial charge in [-0.3, -0.25) is 9.78 Å². The van der Waals surface area contributed by atoms with Gasteiger partial charge in [-0.15, -0.1) is 0 Å². The molecular formula is C23H29N5O. The van der Waals surface area contributed by atoms with Gasteiger partial charge < -0.3 is 9.80 Å². The second kappa shape index (κ2) is 8.09. The molecule has 6 nitrogen and oxygen atoms in total. The fraction of sp³-hybridized carbons (Fsp3) is 0.565. The van der Waals surface area contributed by atoms with Crippen LogP contribution in [0.4, 0.5) is 5.82 Å². The molecule has 6 heteroatoms. The highest BCUT2D eigenvalue weighted by atomic mass is 16.2. The van der Waals surface area contributed by atoms with Crippen LogP contribution in [0.1, 0.15) is 56.2 Å². The number of carbonyl (C=O) groups is 1. The molecule has 152 valence electrons. The maximum atomic E-state index is 13.1. The van der Waals surface area contributed by atoms with Gasteiger partial charge >= 0.3 is 0 Å². The number of carbonyl (C=O) groups excluding carboxylic acids is 1. The van der Waals surface area contributed by atoms with E-state index in [2.05, 4.69) is 14.8 Å². The van der Waals surface area contributed by atoms with Crippen molar-refractivity contribution in [3.63, 3.8) is 0 Å². The number of pyridine rings is 1. The molecular weight excluding hydrogens is 362 g/mol. The third-order valence-corrected chi connectivity index (χ3v) is 6.60. The van der Waals surface area contributed by atoms with Crippen LogP contribution in [-0.2, 0) is 17.8 Å². The molecule has 0 spiro atoms. The van der Waals surface area contributed by atoms with Crippen molar-refractivity contribution in [2.45, 2.75) is 57.9 Å². The highest BCUT2D eigenvalue weighted by molar-refractivity contribution is 5.79. The molecule has 2 aromatic rings. The highest BCUT2D eigenvalue weighted by Crippen LogP contribution is 2.33. The largest absolute Gasteiger partial charge is 0.356 e. The molecule has 0 atom stereocenters. The number of fused-ring (bicyclic) bond motifs is 1. The Morgan fingerprint density at radius 3 is 2.55 bits per heavy atom. The zero-order valence-electron chi connectivity index (χ0n) is 17.0. The lowest BCUT2D eigenvalue weighted by atomic mass is 9.87. The molecule has 3 aliphatic rings. The van der Waals surface area contributed by atoms with Crippen LogP contribution < -0.4 is 4.90 Å². The summed E-state index contributed by atoms with van der Waals surface area (Å²) in [5.74, 6) is 2.29. The second-order valence-corrected chi connectivity index (χ2v) is 8.55. The minimum atomic E-state index is 0.217. The average Bonchev–Trinajstić information content (AvgIpc) is 3.33. The van der Waals surface area contributed by atoms with Gasteiger partial charge in [0.1, 0.15) is 11.5 Å². The Hall–Kier alpha value is -2.50. The van der Waals surface area contributed by atoms with Gasteiger partial charge in [0.05, 0.1) is 12.2 Å². The summed E-state index contributed by atoms with van der Waals surface area (Å²) < 4.78 is 0. The molecule has 1 saturated carbocycles. The van der Waals surface area contributed by atoms with Crippen LogP contribution in [0.25, 0.3) is 11.5 Å². The molecule has 2 aromatic heterocycles.